The predicted molar refractivity (Wildman–Crippen MR) is 134 cm³/mol. The summed E-state index contributed by atoms with van der Waals surface area (Å²) in [7, 11) is 0. The normalized spacial score (nSPS) is 13.7. The van der Waals surface area contributed by atoms with Crippen molar-refractivity contribution >= 4 is 28.4 Å². The number of anilines is 2. The summed E-state index contributed by atoms with van der Waals surface area (Å²) in [5.74, 6) is 1.90. The fourth-order valence-electron chi connectivity index (χ4n) is 4.19. The zero-order chi connectivity index (χ0) is 24.3. The fourth-order valence-corrected chi connectivity index (χ4v) is 4.19. The number of carbonyl (C=O) groups is 1. The van der Waals surface area contributed by atoms with E-state index in [9.17, 15) is 4.79 Å². The maximum absolute atomic E-state index is 12.5. The number of amides is 1. The van der Waals surface area contributed by atoms with Crippen molar-refractivity contribution in [2.75, 3.05) is 36.5 Å². The molecule has 0 unspecified atom stereocenters. The van der Waals surface area contributed by atoms with Gasteiger partial charge in [0.25, 0.3) is 0 Å². The van der Waals surface area contributed by atoms with E-state index in [2.05, 4.69) is 30.3 Å². The summed E-state index contributed by atoms with van der Waals surface area (Å²) in [4.78, 5) is 31.6. The Balaban J connectivity index is 1.14. The van der Waals surface area contributed by atoms with Crippen LogP contribution in [0.25, 0.3) is 33.7 Å². The lowest BCUT2D eigenvalue weighted by Crippen LogP contribution is -2.36. The standard InChI is InChI=1S/C26H23N7O3/c34-23(15-20-14-22(32-36-20)18-2-1-8-27-16-18)29-19-5-3-17(4-6-19)25-30-21-7-9-28-26(24(21)31-25)33-10-12-35-13-11-33/h1-9,14,16H,10-13,15H2,(H,29,34)(H,30,31). The van der Waals surface area contributed by atoms with Crippen molar-refractivity contribution in [1.82, 2.24) is 25.1 Å². The summed E-state index contributed by atoms with van der Waals surface area (Å²) in [6, 6.07) is 14.9. The van der Waals surface area contributed by atoms with Crippen molar-refractivity contribution in [3.8, 4) is 22.6 Å². The van der Waals surface area contributed by atoms with Crippen molar-refractivity contribution < 1.29 is 14.1 Å². The number of ether oxygens (including phenoxy) is 1. The molecule has 1 fully saturated rings. The van der Waals surface area contributed by atoms with Gasteiger partial charge in [-0.25, -0.2) is 9.97 Å². The zero-order valence-electron chi connectivity index (χ0n) is 19.3. The van der Waals surface area contributed by atoms with E-state index in [1.165, 1.54) is 0 Å². The van der Waals surface area contributed by atoms with Gasteiger partial charge in [-0.1, -0.05) is 5.16 Å². The molecule has 1 amide bonds. The van der Waals surface area contributed by atoms with E-state index in [4.69, 9.17) is 14.2 Å². The lowest BCUT2D eigenvalue weighted by Gasteiger charge is -2.27. The molecule has 10 heteroatoms. The molecule has 0 saturated carbocycles. The van der Waals surface area contributed by atoms with E-state index in [0.29, 0.717) is 30.4 Å². The highest BCUT2D eigenvalue weighted by molar-refractivity contribution is 5.92. The molecule has 10 nitrogen and oxygen atoms in total. The summed E-state index contributed by atoms with van der Waals surface area (Å²) in [6.07, 6.45) is 5.26. The molecule has 180 valence electrons. The van der Waals surface area contributed by atoms with Gasteiger partial charge in [-0.2, -0.15) is 0 Å². The van der Waals surface area contributed by atoms with E-state index in [-0.39, 0.29) is 12.3 Å². The molecule has 6 rings (SSSR count). The summed E-state index contributed by atoms with van der Waals surface area (Å²) >= 11 is 0. The van der Waals surface area contributed by atoms with Crippen LogP contribution < -0.4 is 10.2 Å². The molecular formula is C26H23N7O3. The number of morpholine rings is 1. The van der Waals surface area contributed by atoms with Crippen LogP contribution in [0.4, 0.5) is 11.5 Å². The van der Waals surface area contributed by atoms with Crippen LogP contribution in [0.5, 0.6) is 0 Å². The van der Waals surface area contributed by atoms with Crippen LogP contribution in [0.3, 0.4) is 0 Å². The number of benzene rings is 1. The van der Waals surface area contributed by atoms with Gasteiger partial charge in [-0.3, -0.25) is 9.78 Å². The minimum atomic E-state index is -0.193. The number of hydrogen-bond acceptors (Lipinski definition) is 8. The SMILES string of the molecule is O=C(Cc1cc(-c2cccnc2)no1)Nc1ccc(-c2nc3c(N4CCOCC4)nccc3[nH]2)cc1. The molecule has 5 heterocycles. The molecule has 2 N–H and O–H groups in total. The van der Waals surface area contributed by atoms with Gasteiger partial charge in [0.15, 0.2) is 5.82 Å². The molecule has 36 heavy (non-hydrogen) atoms. The number of aromatic nitrogens is 5. The van der Waals surface area contributed by atoms with Gasteiger partial charge in [-0.15, -0.1) is 0 Å². The van der Waals surface area contributed by atoms with Crippen LogP contribution in [0, 0.1) is 0 Å². The first kappa shape index (κ1) is 21.9. The Kier molecular flexibility index (Phi) is 5.84. The number of fused-ring (bicyclic) bond motifs is 1. The third-order valence-electron chi connectivity index (χ3n) is 5.99. The molecule has 0 atom stereocenters. The third-order valence-corrected chi connectivity index (χ3v) is 5.99. The molecule has 5 aromatic rings. The van der Waals surface area contributed by atoms with Gasteiger partial charge in [0.2, 0.25) is 5.91 Å². The molecule has 0 radical (unpaired) electrons. The summed E-state index contributed by atoms with van der Waals surface area (Å²) in [5, 5.41) is 6.93. The molecule has 0 aliphatic carbocycles. The molecule has 1 aliphatic rings. The number of hydrogen-bond donors (Lipinski definition) is 2. The molecule has 1 aromatic carbocycles. The Morgan fingerprint density at radius 3 is 2.72 bits per heavy atom. The minimum absolute atomic E-state index is 0.0793. The molecule has 4 aromatic heterocycles. The lowest BCUT2D eigenvalue weighted by molar-refractivity contribution is -0.115. The quantitative estimate of drug-likeness (QED) is 0.377. The van der Waals surface area contributed by atoms with Crippen LogP contribution in [-0.4, -0.2) is 57.3 Å². The average Bonchev–Trinajstić information content (AvgIpc) is 3.57. The molecule has 1 aliphatic heterocycles. The number of nitrogens with one attached hydrogen (secondary N) is 2. The van der Waals surface area contributed by atoms with Crippen molar-refractivity contribution in [3.05, 3.63) is 72.9 Å². The highest BCUT2D eigenvalue weighted by atomic mass is 16.5. The number of nitrogens with zero attached hydrogens (tertiary/aromatic N) is 5. The van der Waals surface area contributed by atoms with Crippen molar-refractivity contribution in [2.24, 2.45) is 0 Å². The van der Waals surface area contributed by atoms with Crippen LogP contribution in [-0.2, 0) is 16.0 Å². The third kappa shape index (κ3) is 4.53. The number of aromatic amines is 1. The van der Waals surface area contributed by atoms with Gasteiger partial charge in [0.05, 0.1) is 25.2 Å². The van der Waals surface area contributed by atoms with Gasteiger partial charge >= 0.3 is 0 Å². The number of carbonyl (C=O) groups excluding carboxylic acids is 1. The largest absolute Gasteiger partial charge is 0.378 e. The van der Waals surface area contributed by atoms with E-state index < -0.39 is 0 Å². The number of pyridine rings is 2. The van der Waals surface area contributed by atoms with Crippen LogP contribution in [0.2, 0.25) is 0 Å². The first-order chi connectivity index (χ1) is 17.7. The smallest absolute Gasteiger partial charge is 0.232 e. The monoisotopic (exact) mass is 481 g/mol. The molecule has 1 saturated heterocycles. The molecule has 0 spiro atoms. The maximum atomic E-state index is 12.5. The second-order valence-electron chi connectivity index (χ2n) is 8.44. The van der Waals surface area contributed by atoms with Crippen molar-refractivity contribution in [1.29, 1.82) is 0 Å². The number of H-pyrrole nitrogens is 1. The first-order valence-corrected chi connectivity index (χ1v) is 11.7. The van der Waals surface area contributed by atoms with Crippen LogP contribution in [0.1, 0.15) is 5.76 Å². The van der Waals surface area contributed by atoms with Crippen LogP contribution in [0.15, 0.2) is 71.6 Å². The molecule has 0 bridgehead atoms. The first-order valence-electron chi connectivity index (χ1n) is 11.7. The fraction of sp³-hybridized carbons (Fsp3) is 0.192. The van der Waals surface area contributed by atoms with E-state index in [0.717, 1.165) is 46.9 Å². The van der Waals surface area contributed by atoms with Gasteiger partial charge in [0, 0.05) is 54.6 Å². The summed E-state index contributed by atoms with van der Waals surface area (Å²) in [5.41, 5.74) is 4.84. The van der Waals surface area contributed by atoms with Crippen LogP contribution >= 0.6 is 0 Å². The van der Waals surface area contributed by atoms with Crippen molar-refractivity contribution in [2.45, 2.75) is 6.42 Å². The van der Waals surface area contributed by atoms with Gasteiger partial charge in [-0.05, 0) is 42.5 Å². The van der Waals surface area contributed by atoms with Gasteiger partial charge < -0.3 is 24.5 Å². The Bertz CT molecular complexity index is 1490. The van der Waals surface area contributed by atoms with E-state index >= 15 is 0 Å². The topological polar surface area (TPSA) is 122 Å². The Labute approximate surface area is 206 Å². The van der Waals surface area contributed by atoms with Crippen molar-refractivity contribution in [3.63, 3.8) is 0 Å². The Morgan fingerprint density at radius 1 is 1.06 bits per heavy atom. The van der Waals surface area contributed by atoms with E-state index in [1.807, 2.05) is 42.5 Å². The second kappa shape index (κ2) is 9.59. The summed E-state index contributed by atoms with van der Waals surface area (Å²) in [6.45, 7) is 2.96. The predicted octanol–water partition coefficient (Wildman–Crippen LogP) is 3.69. The average molecular weight is 482 g/mol. The summed E-state index contributed by atoms with van der Waals surface area (Å²) < 4.78 is 10.8. The zero-order valence-corrected chi connectivity index (χ0v) is 19.3. The molecular weight excluding hydrogens is 458 g/mol. The second-order valence-corrected chi connectivity index (χ2v) is 8.44. The maximum Gasteiger partial charge on any atom is 0.232 e. The Hall–Kier alpha value is -4.57. The van der Waals surface area contributed by atoms with E-state index in [1.54, 1.807) is 24.7 Å². The highest BCUT2D eigenvalue weighted by Crippen LogP contribution is 2.27. The number of rotatable bonds is 6. The minimum Gasteiger partial charge on any atom is -0.378 e. The van der Waals surface area contributed by atoms with Gasteiger partial charge in [0.1, 0.15) is 22.8 Å². The lowest BCUT2D eigenvalue weighted by atomic mass is 10.2. The highest BCUT2D eigenvalue weighted by Gasteiger charge is 2.18. The Morgan fingerprint density at radius 2 is 1.92 bits per heavy atom. The number of imidazole rings is 1.